The Kier molecular flexibility index (Phi) is 6.31. The van der Waals surface area contributed by atoms with Crippen LogP contribution in [-0.2, 0) is 0 Å². The Morgan fingerprint density at radius 2 is 1.85 bits per heavy atom. The zero-order valence-corrected chi connectivity index (χ0v) is 12.7. The van der Waals surface area contributed by atoms with Gasteiger partial charge in [-0.1, -0.05) is 13.8 Å². The summed E-state index contributed by atoms with van der Waals surface area (Å²) in [6, 6.07) is 7.26. The molecule has 0 saturated heterocycles. The number of carbonyl (C=O) groups is 1. The normalized spacial score (nSPS) is 12.1. The topological polar surface area (TPSA) is 64.6 Å². The molecule has 1 aromatic carbocycles. The van der Waals surface area contributed by atoms with Gasteiger partial charge in [0, 0.05) is 32.0 Å². The van der Waals surface area contributed by atoms with Gasteiger partial charge in [-0.2, -0.15) is 0 Å². The standard InChI is InChI=1S/C15H25N3O2/c1-11(2)9-14(19)10-16-15(20)17-12-5-7-13(8-6-12)18(3)4/h5-8,11,14,19H,9-10H2,1-4H3,(H2,16,17,20). The van der Waals surface area contributed by atoms with Crippen LogP contribution in [0.4, 0.5) is 16.2 Å². The SMILES string of the molecule is CC(C)CC(O)CNC(=O)Nc1ccc(N(C)C)cc1. The molecule has 0 saturated carbocycles. The Labute approximate surface area is 121 Å². The van der Waals surface area contributed by atoms with Crippen molar-refractivity contribution in [3.63, 3.8) is 0 Å². The lowest BCUT2D eigenvalue weighted by Gasteiger charge is -2.15. The molecule has 1 aromatic rings. The van der Waals surface area contributed by atoms with Crippen LogP contribution in [0.1, 0.15) is 20.3 Å². The predicted molar refractivity (Wildman–Crippen MR) is 83.3 cm³/mol. The number of carbonyl (C=O) groups excluding carboxylic acids is 1. The fourth-order valence-electron chi connectivity index (χ4n) is 1.86. The molecular weight excluding hydrogens is 254 g/mol. The molecule has 5 heteroatoms. The quantitative estimate of drug-likeness (QED) is 0.748. The minimum atomic E-state index is -0.503. The van der Waals surface area contributed by atoms with E-state index in [1.807, 2.05) is 57.1 Å². The van der Waals surface area contributed by atoms with Crippen molar-refractivity contribution in [3.05, 3.63) is 24.3 Å². The molecule has 1 rings (SSSR count). The molecule has 1 atom stereocenters. The first kappa shape index (κ1) is 16.3. The summed E-state index contributed by atoms with van der Waals surface area (Å²) >= 11 is 0. The number of amides is 2. The Morgan fingerprint density at radius 1 is 1.25 bits per heavy atom. The monoisotopic (exact) mass is 279 g/mol. The Balaban J connectivity index is 2.38. The number of benzene rings is 1. The van der Waals surface area contributed by atoms with E-state index in [2.05, 4.69) is 10.6 Å². The lowest BCUT2D eigenvalue weighted by molar-refractivity contribution is 0.148. The van der Waals surface area contributed by atoms with E-state index in [1.165, 1.54) is 0 Å². The van der Waals surface area contributed by atoms with Crippen LogP contribution in [0.3, 0.4) is 0 Å². The van der Waals surface area contributed by atoms with Crippen molar-refractivity contribution in [1.29, 1.82) is 0 Å². The second-order valence-corrected chi connectivity index (χ2v) is 5.56. The molecule has 0 heterocycles. The summed E-state index contributed by atoms with van der Waals surface area (Å²) in [6.45, 7) is 4.34. The van der Waals surface area contributed by atoms with Crippen LogP contribution in [0.25, 0.3) is 0 Å². The molecule has 0 aliphatic heterocycles. The second kappa shape index (κ2) is 7.75. The highest BCUT2D eigenvalue weighted by atomic mass is 16.3. The summed E-state index contributed by atoms with van der Waals surface area (Å²) in [7, 11) is 3.93. The van der Waals surface area contributed by atoms with Gasteiger partial charge in [0.2, 0.25) is 0 Å². The number of nitrogens with one attached hydrogen (secondary N) is 2. The van der Waals surface area contributed by atoms with Gasteiger partial charge >= 0.3 is 6.03 Å². The summed E-state index contributed by atoms with van der Waals surface area (Å²) in [4.78, 5) is 13.7. The summed E-state index contributed by atoms with van der Waals surface area (Å²) in [5.41, 5.74) is 1.80. The molecule has 0 aliphatic rings. The van der Waals surface area contributed by atoms with Crippen LogP contribution in [0.15, 0.2) is 24.3 Å². The van der Waals surface area contributed by atoms with Crippen molar-refractivity contribution in [1.82, 2.24) is 5.32 Å². The summed E-state index contributed by atoms with van der Waals surface area (Å²) in [5.74, 6) is 0.411. The number of nitrogens with zero attached hydrogens (tertiary/aromatic N) is 1. The first-order valence-electron chi connectivity index (χ1n) is 6.88. The maximum atomic E-state index is 11.7. The number of rotatable bonds is 6. The van der Waals surface area contributed by atoms with Gasteiger partial charge in [0.1, 0.15) is 0 Å². The van der Waals surface area contributed by atoms with E-state index >= 15 is 0 Å². The third-order valence-corrected chi connectivity index (χ3v) is 2.88. The Bertz CT molecular complexity index is 416. The summed E-state index contributed by atoms with van der Waals surface area (Å²) in [6.07, 6.45) is 0.175. The lowest BCUT2D eigenvalue weighted by atomic mass is 10.1. The van der Waals surface area contributed by atoms with Crippen LogP contribution in [-0.4, -0.2) is 37.9 Å². The number of aliphatic hydroxyl groups is 1. The van der Waals surface area contributed by atoms with Crippen molar-refractivity contribution in [2.24, 2.45) is 5.92 Å². The van der Waals surface area contributed by atoms with Crippen molar-refractivity contribution in [2.45, 2.75) is 26.4 Å². The van der Waals surface area contributed by atoms with Crippen molar-refractivity contribution in [2.75, 3.05) is 30.9 Å². The van der Waals surface area contributed by atoms with Gasteiger partial charge in [-0.05, 0) is 36.6 Å². The lowest BCUT2D eigenvalue weighted by Crippen LogP contribution is -2.35. The Morgan fingerprint density at radius 3 is 2.35 bits per heavy atom. The average Bonchev–Trinajstić information content (AvgIpc) is 2.36. The third-order valence-electron chi connectivity index (χ3n) is 2.88. The first-order chi connectivity index (χ1) is 9.38. The van der Waals surface area contributed by atoms with Gasteiger partial charge in [0.25, 0.3) is 0 Å². The molecule has 5 nitrogen and oxygen atoms in total. The second-order valence-electron chi connectivity index (χ2n) is 5.56. The van der Waals surface area contributed by atoms with E-state index in [1.54, 1.807) is 0 Å². The van der Waals surface area contributed by atoms with Crippen LogP contribution in [0.2, 0.25) is 0 Å². The molecule has 0 fully saturated rings. The van der Waals surface area contributed by atoms with Crippen LogP contribution in [0.5, 0.6) is 0 Å². The summed E-state index contributed by atoms with van der Waals surface area (Å²) in [5, 5.41) is 15.1. The zero-order valence-electron chi connectivity index (χ0n) is 12.7. The predicted octanol–water partition coefficient (Wildman–Crippen LogP) is 2.28. The van der Waals surface area contributed by atoms with E-state index in [9.17, 15) is 9.90 Å². The molecule has 0 spiro atoms. The van der Waals surface area contributed by atoms with Crippen LogP contribution in [0, 0.1) is 5.92 Å². The van der Waals surface area contributed by atoms with Crippen molar-refractivity contribution >= 4 is 17.4 Å². The van der Waals surface area contributed by atoms with Crippen molar-refractivity contribution < 1.29 is 9.90 Å². The molecule has 0 aromatic heterocycles. The minimum Gasteiger partial charge on any atom is -0.391 e. The maximum absolute atomic E-state index is 11.7. The highest BCUT2D eigenvalue weighted by molar-refractivity contribution is 5.89. The van der Waals surface area contributed by atoms with Gasteiger partial charge in [-0.15, -0.1) is 0 Å². The van der Waals surface area contributed by atoms with Gasteiger partial charge in [0.05, 0.1) is 6.10 Å². The smallest absolute Gasteiger partial charge is 0.319 e. The molecule has 0 radical (unpaired) electrons. The Hall–Kier alpha value is -1.75. The molecule has 0 bridgehead atoms. The molecule has 1 unspecified atom stereocenters. The van der Waals surface area contributed by atoms with E-state index in [0.717, 1.165) is 11.4 Å². The highest BCUT2D eigenvalue weighted by Gasteiger charge is 2.09. The van der Waals surface area contributed by atoms with Crippen molar-refractivity contribution in [3.8, 4) is 0 Å². The van der Waals surface area contributed by atoms with E-state index in [0.29, 0.717) is 12.3 Å². The number of urea groups is 1. The molecule has 20 heavy (non-hydrogen) atoms. The molecule has 3 N–H and O–H groups in total. The van der Waals surface area contributed by atoms with Crippen LogP contribution >= 0.6 is 0 Å². The first-order valence-corrected chi connectivity index (χ1v) is 6.88. The minimum absolute atomic E-state index is 0.264. The molecule has 112 valence electrons. The fourth-order valence-corrected chi connectivity index (χ4v) is 1.86. The number of hydrogen-bond acceptors (Lipinski definition) is 3. The van der Waals surface area contributed by atoms with E-state index in [4.69, 9.17) is 0 Å². The zero-order chi connectivity index (χ0) is 15.1. The largest absolute Gasteiger partial charge is 0.391 e. The van der Waals surface area contributed by atoms with Gasteiger partial charge in [0.15, 0.2) is 0 Å². The molecular formula is C15H25N3O2. The van der Waals surface area contributed by atoms with Gasteiger partial charge in [-0.3, -0.25) is 0 Å². The van der Waals surface area contributed by atoms with E-state index < -0.39 is 6.10 Å². The average molecular weight is 279 g/mol. The van der Waals surface area contributed by atoms with E-state index in [-0.39, 0.29) is 12.6 Å². The maximum Gasteiger partial charge on any atom is 0.319 e. The van der Waals surface area contributed by atoms with Gasteiger partial charge < -0.3 is 20.6 Å². The summed E-state index contributed by atoms with van der Waals surface area (Å²) < 4.78 is 0. The molecule has 2 amide bonds. The fraction of sp³-hybridized carbons (Fsp3) is 0.533. The number of hydrogen-bond donors (Lipinski definition) is 3. The number of aliphatic hydroxyl groups excluding tert-OH is 1. The highest BCUT2D eigenvalue weighted by Crippen LogP contribution is 2.15. The third kappa shape index (κ3) is 5.93. The molecule has 0 aliphatic carbocycles. The number of anilines is 2. The van der Waals surface area contributed by atoms with Gasteiger partial charge in [-0.25, -0.2) is 4.79 Å². The van der Waals surface area contributed by atoms with Crippen LogP contribution < -0.4 is 15.5 Å².